The van der Waals surface area contributed by atoms with Gasteiger partial charge in [0.2, 0.25) is 5.82 Å². The number of hydrogen-bond donors (Lipinski definition) is 1. The van der Waals surface area contributed by atoms with E-state index in [1.54, 1.807) is 36.4 Å². The molecule has 0 aliphatic rings. The van der Waals surface area contributed by atoms with Crippen LogP contribution in [-0.4, -0.2) is 22.1 Å². The molecule has 1 heterocycles. The summed E-state index contributed by atoms with van der Waals surface area (Å²) in [6.45, 7) is 3.78. The lowest BCUT2D eigenvalue weighted by atomic mass is 10.1. The number of amides is 1. The van der Waals surface area contributed by atoms with Gasteiger partial charge in [0, 0.05) is 11.6 Å². The van der Waals surface area contributed by atoms with Gasteiger partial charge in [-0.2, -0.15) is 4.98 Å². The van der Waals surface area contributed by atoms with Crippen molar-refractivity contribution in [3.05, 3.63) is 59.9 Å². The molecular formula is C18H16FN3O2. The van der Waals surface area contributed by atoms with Crippen molar-refractivity contribution < 1.29 is 13.7 Å². The van der Waals surface area contributed by atoms with E-state index in [0.717, 1.165) is 0 Å². The number of aromatic nitrogens is 2. The monoisotopic (exact) mass is 325 g/mol. The second kappa shape index (κ2) is 6.62. The molecule has 0 spiro atoms. The summed E-state index contributed by atoms with van der Waals surface area (Å²) in [6.07, 6.45) is 0. The van der Waals surface area contributed by atoms with E-state index in [1.165, 1.54) is 12.1 Å². The predicted octanol–water partition coefficient (Wildman–Crippen LogP) is 3.68. The van der Waals surface area contributed by atoms with Crippen LogP contribution in [0.25, 0.3) is 22.8 Å². The molecule has 0 radical (unpaired) electrons. The molecule has 0 fully saturated rings. The molecule has 5 nitrogen and oxygen atoms in total. The molecule has 122 valence electrons. The van der Waals surface area contributed by atoms with Gasteiger partial charge in [0.25, 0.3) is 11.8 Å². The summed E-state index contributed by atoms with van der Waals surface area (Å²) in [5, 5.41) is 6.76. The highest BCUT2D eigenvalue weighted by molar-refractivity contribution is 6.00. The van der Waals surface area contributed by atoms with Crippen LogP contribution < -0.4 is 5.32 Å². The lowest BCUT2D eigenvalue weighted by Crippen LogP contribution is -2.30. The van der Waals surface area contributed by atoms with E-state index in [0.29, 0.717) is 22.5 Å². The van der Waals surface area contributed by atoms with E-state index in [9.17, 15) is 9.18 Å². The smallest absolute Gasteiger partial charge is 0.259 e. The van der Waals surface area contributed by atoms with E-state index >= 15 is 0 Å². The number of nitrogens with one attached hydrogen (secondary N) is 1. The SMILES string of the molecule is CC(C)NC(=O)c1ccccc1-c1nc(-c2ccc(F)cc2)no1. The van der Waals surface area contributed by atoms with Crippen LogP contribution in [0.4, 0.5) is 4.39 Å². The fraction of sp³-hybridized carbons (Fsp3) is 0.167. The summed E-state index contributed by atoms with van der Waals surface area (Å²) in [6, 6.07) is 12.8. The molecule has 1 N–H and O–H groups in total. The van der Waals surface area contributed by atoms with Gasteiger partial charge in [0.05, 0.1) is 11.1 Å². The second-order valence-electron chi connectivity index (χ2n) is 5.60. The lowest BCUT2D eigenvalue weighted by Gasteiger charge is -2.10. The van der Waals surface area contributed by atoms with Crippen molar-refractivity contribution in [1.82, 2.24) is 15.5 Å². The molecule has 0 unspecified atom stereocenters. The maximum atomic E-state index is 13.0. The van der Waals surface area contributed by atoms with Crippen LogP contribution in [-0.2, 0) is 0 Å². The van der Waals surface area contributed by atoms with Gasteiger partial charge in [-0.1, -0.05) is 17.3 Å². The minimum Gasteiger partial charge on any atom is -0.350 e. The summed E-state index contributed by atoms with van der Waals surface area (Å²) >= 11 is 0. The Hall–Kier alpha value is -3.02. The third-order valence-electron chi connectivity index (χ3n) is 3.35. The highest BCUT2D eigenvalue weighted by atomic mass is 19.1. The Morgan fingerprint density at radius 2 is 1.83 bits per heavy atom. The summed E-state index contributed by atoms with van der Waals surface area (Å²) in [7, 11) is 0. The zero-order valence-electron chi connectivity index (χ0n) is 13.3. The molecule has 0 atom stereocenters. The molecule has 3 aromatic rings. The van der Waals surface area contributed by atoms with Gasteiger partial charge >= 0.3 is 0 Å². The van der Waals surface area contributed by atoms with Crippen molar-refractivity contribution in [3.63, 3.8) is 0 Å². The van der Waals surface area contributed by atoms with Crippen molar-refractivity contribution in [2.24, 2.45) is 0 Å². The maximum Gasteiger partial charge on any atom is 0.259 e. The molecular weight excluding hydrogens is 309 g/mol. The molecule has 1 aromatic heterocycles. The first-order valence-electron chi connectivity index (χ1n) is 7.54. The minimum absolute atomic E-state index is 0.0167. The number of carbonyl (C=O) groups excluding carboxylic acids is 1. The molecule has 0 aliphatic heterocycles. The Balaban J connectivity index is 1.96. The van der Waals surface area contributed by atoms with E-state index in [-0.39, 0.29) is 23.7 Å². The van der Waals surface area contributed by atoms with Crippen LogP contribution in [0.5, 0.6) is 0 Å². The van der Waals surface area contributed by atoms with Crippen LogP contribution in [0.15, 0.2) is 53.1 Å². The van der Waals surface area contributed by atoms with Gasteiger partial charge in [-0.05, 0) is 50.2 Å². The van der Waals surface area contributed by atoms with Crippen molar-refractivity contribution in [1.29, 1.82) is 0 Å². The third kappa shape index (κ3) is 3.32. The van der Waals surface area contributed by atoms with Crippen LogP contribution >= 0.6 is 0 Å². The summed E-state index contributed by atoms with van der Waals surface area (Å²) in [5.74, 6) is 0.0354. The zero-order valence-corrected chi connectivity index (χ0v) is 13.3. The normalized spacial score (nSPS) is 10.8. The number of nitrogens with zero attached hydrogens (tertiary/aromatic N) is 2. The second-order valence-corrected chi connectivity index (χ2v) is 5.60. The van der Waals surface area contributed by atoms with Crippen LogP contribution in [0.2, 0.25) is 0 Å². The molecule has 0 bridgehead atoms. The van der Waals surface area contributed by atoms with Crippen molar-refractivity contribution in [2.45, 2.75) is 19.9 Å². The quantitative estimate of drug-likeness (QED) is 0.794. The largest absolute Gasteiger partial charge is 0.350 e. The fourth-order valence-corrected chi connectivity index (χ4v) is 2.26. The van der Waals surface area contributed by atoms with E-state index < -0.39 is 0 Å². The van der Waals surface area contributed by atoms with Gasteiger partial charge in [0.1, 0.15) is 5.82 Å². The van der Waals surface area contributed by atoms with Crippen LogP contribution in [0.1, 0.15) is 24.2 Å². The molecule has 0 saturated heterocycles. The third-order valence-corrected chi connectivity index (χ3v) is 3.35. The first-order valence-corrected chi connectivity index (χ1v) is 7.54. The highest BCUT2D eigenvalue weighted by Gasteiger charge is 2.18. The Morgan fingerprint density at radius 3 is 2.54 bits per heavy atom. The number of hydrogen-bond acceptors (Lipinski definition) is 4. The molecule has 0 saturated carbocycles. The molecule has 0 aliphatic carbocycles. The van der Waals surface area contributed by atoms with Crippen molar-refractivity contribution in [3.8, 4) is 22.8 Å². The number of carbonyl (C=O) groups is 1. The molecule has 1 amide bonds. The minimum atomic E-state index is -0.335. The zero-order chi connectivity index (χ0) is 17.1. The maximum absolute atomic E-state index is 13.0. The topological polar surface area (TPSA) is 68.0 Å². The van der Waals surface area contributed by atoms with Crippen LogP contribution in [0.3, 0.4) is 0 Å². The van der Waals surface area contributed by atoms with Crippen LogP contribution in [0, 0.1) is 5.82 Å². The van der Waals surface area contributed by atoms with E-state index in [4.69, 9.17) is 4.52 Å². The Labute approximate surface area is 138 Å². The predicted molar refractivity (Wildman–Crippen MR) is 87.7 cm³/mol. The number of halogens is 1. The Morgan fingerprint density at radius 1 is 1.12 bits per heavy atom. The van der Waals surface area contributed by atoms with Crippen molar-refractivity contribution >= 4 is 5.91 Å². The highest BCUT2D eigenvalue weighted by Crippen LogP contribution is 2.25. The standard InChI is InChI=1S/C18H16FN3O2/c1-11(2)20-17(23)14-5-3-4-6-15(14)18-21-16(22-24-18)12-7-9-13(19)10-8-12/h3-11H,1-2H3,(H,20,23). The first kappa shape index (κ1) is 15.9. The average Bonchev–Trinajstić information content (AvgIpc) is 3.05. The van der Waals surface area contributed by atoms with E-state index in [2.05, 4.69) is 15.5 Å². The molecule has 3 rings (SSSR count). The molecule has 6 heteroatoms. The summed E-state index contributed by atoms with van der Waals surface area (Å²) in [4.78, 5) is 16.6. The Bertz CT molecular complexity index is 857. The summed E-state index contributed by atoms with van der Waals surface area (Å²) in [5.41, 5.74) is 1.65. The van der Waals surface area contributed by atoms with Gasteiger partial charge in [-0.3, -0.25) is 4.79 Å². The summed E-state index contributed by atoms with van der Waals surface area (Å²) < 4.78 is 18.3. The van der Waals surface area contributed by atoms with Gasteiger partial charge in [-0.15, -0.1) is 0 Å². The molecule has 2 aromatic carbocycles. The molecule has 24 heavy (non-hydrogen) atoms. The number of benzene rings is 2. The van der Waals surface area contributed by atoms with Gasteiger partial charge in [0.15, 0.2) is 0 Å². The Kier molecular flexibility index (Phi) is 4.37. The first-order chi connectivity index (χ1) is 11.5. The van der Waals surface area contributed by atoms with Crippen molar-refractivity contribution in [2.75, 3.05) is 0 Å². The fourth-order valence-electron chi connectivity index (χ4n) is 2.26. The van der Waals surface area contributed by atoms with Gasteiger partial charge < -0.3 is 9.84 Å². The van der Waals surface area contributed by atoms with E-state index in [1.807, 2.05) is 13.8 Å². The average molecular weight is 325 g/mol. The lowest BCUT2D eigenvalue weighted by molar-refractivity contribution is 0.0943. The number of rotatable bonds is 4. The van der Waals surface area contributed by atoms with Gasteiger partial charge in [-0.25, -0.2) is 4.39 Å².